The van der Waals surface area contributed by atoms with E-state index in [1.807, 2.05) is 0 Å². The first-order valence-electron chi connectivity index (χ1n) is 4.07. The van der Waals surface area contributed by atoms with Gasteiger partial charge >= 0.3 is 0 Å². The molecule has 5 heteroatoms. The molecule has 72 valence electrons. The van der Waals surface area contributed by atoms with Gasteiger partial charge in [-0.25, -0.2) is 4.98 Å². The van der Waals surface area contributed by atoms with Crippen LogP contribution in [0.25, 0.3) is 0 Å². The highest BCUT2D eigenvalue weighted by Gasteiger charge is 2.05. The molecular formula is C8H10BrClN2O. The molecule has 0 radical (unpaired) electrons. The summed E-state index contributed by atoms with van der Waals surface area (Å²) in [5.41, 5.74) is -0.117. The first kappa shape index (κ1) is 10.7. The van der Waals surface area contributed by atoms with Crippen LogP contribution in [0.3, 0.4) is 0 Å². The molecule has 0 saturated carbocycles. The third-order valence-electron chi connectivity index (χ3n) is 1.69. The number of aromatic nitrogens is 2. The summed E-state index contributed by atoms with van der Waals surface area (Å²) in [6.45, 7) is 2.77. The van der Waals surface area contributed by atoms with Crippen LogP contribution in [0.4, 0.5) is 0 Å². The first-order valence-corrected chi connectivity index (χ1v) is 5.24. The molecule has 0 aromatic carbocycles. The van der Waals surface area contributed by atoms with Crippen LogP contribution < -0.4 is 5.56 Å². The fourth-order valence-corrected chi connectivity index (χ4v) is 1.39. The van der Waals surface area contributed by atoms with Crippen molar-refractivity contribution in [3.05, 3.63) is 26.3 Å². The van der Waals surface area contributed by atoms with Crippen molar-refractivity contribution >= 4 is 27.5 Å². The Morgan fingerprint density at radius 1 is 1.69 bits per heavy atom. The van der Waals surface area contributed by atoms with Gasteiger partial charge in [0.05, 0.1) is 6.33 Å². The fraction of sp³-hybridized carbons (Fsp3) is 0.500. The van der Waals surface area contributed by atoms with Gasteiger partial charge in [0.15, 0.2) is 5.15 Å². The van der Waals surface area contributed by atoms with E-state index in [0.29, 0.717) is 11.0 Å². The van der Waals surface area contributed by atoms with E-state index in [2.05, 4.69) is 27.8 Å². The van der Waals surface area contributed by atoms with E-state index in [1.54, 1.807) is 4.57 Å². The SMILES string of the molecule is CCCCn1cnc(Cl)c(Br)c1=O. The molecule has 13 heavy (non-hydrogen) atoms. The van der Waals surface area contributed by atoms with Gasteiger partial charge in [0.1, 0.15) is 4.47 Å². The lowest BCUT2D eigenvalue weighted by atomic mass is 10.3. The standard InChI is InChI=1S/C8H10BrClN2O/c1-2-3-4-12-5-11-7(10)6(9)8(12)13/h5H,2-4H2,1H3. The van der Waals surface area contributed by atoms with Crippen molar-refractivity contribution in [2.45, 2.75) is 26.3 Å². The summed E-state index contributed by atoms with van der Waals surface area (Å²) in [5.74, 6) is 0. The lowest BCUT2D eigenvalue weighted by Crippen LogP contribution is -2.21. The number of nitrogens with zero attached hydrogens (tertiary/aromatic N) is 2. The summed E-state index contributed by atoms with van der Waals surface area (Å²) in [7, 11) is 0. The van der Waals surface area contributed by atoms with Crippen LogP contribution in [-0.4, -0.2) is 9.55 Å². The maximum Gasteiger partial charge on any atom is 0.269 e. The average Bonchev–Trinajstić information content (AvgIpc) is 2.13. The Bertz CT molecular complexity index is 350. The second-order valence-corrected chi connectivity index (χ2v) is 3.85. The minimum absolute atomic E-state index is 0.117. The van der Waals surface area contributed by atoms with E-state index >= 15 is 0 Å². The molecule has 0 aliphatic heterocycles. The molecule has 0 bridgehead atoms. The molecule has 0 aliphatic rings. The van der Waals surface area contributed by atoms with Crippen molar-refractivity contribution in [3.8, 4) is 0 Å². The van der Waals surface area contributed by atoms with Crippen LogP contribution in [0.5, 0.6) is 0 Å². The van der Waals surface area contributed by atoms with Gasteiger partial charge in [-0.2, -0.15) is 0 Å². The molecule has 1 heterocycles. The van der Waals surface area contributed by atoms with E-state index in [9.17, 15) is 4.79 Å². The minimum Gasteiger partial charge on any atom is -0.298 e. The van der Waals surface area contributed by atoms with E-state index in [1.165, 1.54) is 6.33 Å². The number of unbranched alkanes of at least 4 members (excludes halogenated alkanes) is 1. The Hall–Kier alpha value is -0.350. The molecule has 1 rings (SSSR count). The van der Waals surface area contributed by atoms with Crippen molar-refractivity contribution < 1.29 is 0 Å². The summed E-state index contributed by atoms with van der Waals surface area (Å²) in [6, 6.07) is 0. The number of hydrogen-bond donors (Lipinski definition) is 0. The molecule has 0 fully saturated rings. The molecule has 3 nitrogen and oxygen atoms in total. The van der Waals surface area contributed by atoms with Gasteiger partial charge in [-0.3, -0.25) is 9.36 Å². The summed E-state index contributed by atoms with van der Waals surface area (Å²) < 4.78 is 1.90. The van der Waals surface area contributed by atoms with E-state index < -0.39 is 0 Å². The quantitative estimate of drug-likeness (QED) is 0.787. The largest absolute Gasteiger partial charge is 0.298 e. The van der Waals surface area contributed by atoms with Crippen LogP contribution in [0.2, 0.25) is 5.15 Å². The lowest BCUT2D eigenvalue weighted by molar-refractivity contribution is 0.601. The Balaban J connectivity index is 2.97. The van der Waals surface area contributed by atoms with Gasteiger partial charge in [0, 0.05) is 6.54 Å². The van der Waals surface area contributed by atoms with Crippen molar-refractivity contribution in [2.75, 3.05) is 0 Å². The second-order valence-electron chi connectivity index (χ2n) is 2.70. The van der Waals surface area contributed by atoms with E-state index in [-0.39, 0.29) is 10.7 Å². The number of halogens is 2. The zero-order valence-corrected chi connectivity index (χ0v) is 9.60. The van der Waals surface area contributed by atoms with Crippen LogP contribution in [0, 0.1) is 0 Å². The molecule has 0 saturated heterocycles. The Kier molecular flexibility index (Phi) is 3.93. The minimum atomic E-state index is -0.117. The zero-order valence-electron chi connectivity index (χ0n) is 7.26. The van der Waals surface area contributed by atoms with Gasteiger partial charge in [-0.05, 0) is 22.4 Å². The topological polar surface area (TPSA) is 34.9 Å². The highest BCUT2D eigenvalue weighted by molar-refractivity contribution is 9.10. The van der Waals surface area contributed by atoms with Crippen molar-refractivity contribution in [1.82, 2.24) is 9.55 Å². The molecule has 1 aromatic rings. The first-order chi connectivity index (χ1) is 6.16. The van der Waals surface area contributed by atoms with Crippen molar-refractivity contribution in [1.29, 1.82) is 0 Å². The van der Waals surface area contributed by atoms with Crippen LogP contribution in [0.1, 0.15) is 19.8 Å². The molecule has 0 aliphatic carbocycles. The number of hydrogen-bond acceptors (Lipinski definition) is 2. The van der Waals surface area contributed by atoms with Crippen molar-refractivity contribution in [3.63, 3.8) is 0 Å². The second kappa shape index (κ2) is 4.77. The molecule has 0 amide bonds. The Morgan fingerprint density at radius 3 is 3.00 bits per heavy atom. The molecule has 0 atom stereocenters. The summed E-state index contributed by atoms with van der Waals surface area (Å²) in [6.07, 6.45) is 3.49. The van der Waals surface area contributed by atoms with E-state index in [4.69, 9.17) is 11.6 Å². The number of rotatable bonds is 3. The third kappa shape index (κ3) is 2.54. The number of aryl methyl sites for hydroxylation is 1. The molecular weight excluding hydrogens is 255 g/mol. The van der Waals surface area contributed by atoms with Crippen LogP contribution in [-0.2, 0) is 6.54 Å². The average molecular weight is 266 g/mol. The molecule has 0 spiro atoms. The third-order valence-corrected chi connectivity index (χ3v) is 2.92. The van der Waals surface area contributed by atoms with Crippen molar-refractivity contribution in [2.24, 2.45) is 0 Å². The van der Waals surface area contributed by atoms with Gasteiger partial charge < -0.3 is 0 Å². The highest BCUT2D eigenvalue weighted by atomic mass is 79.9. The summed E-state index contributed by atoms with van der Waals surface area (Å²) in [5, 5.41) is 0.220. The molecule has 0 unspecified atom stereocenters. The van der Waals surface area contributed by atoms with Gasteiger partial charge in [0.25, 0.3) is 5.56 Å². The van der Waals surface area contributed by atoms with Gasteiger partial charge in [0.2, 0.25) is 0 Å². The smallest absolute Gasteiger partial charge is 0.269 e. The summed E-state index contributed by atoms with van der Waals surface area (Å²) in [4.78, 5) is 15.4. The van der Waals surface area contributed by atoms with Gasteiger partial charge in [-0.15, -0.1) is 0 Å². The predicted molar refractivity (Wildman–Crippen MR) is 56.1 cm³/mol. The fourth-order valence-electron chi connectivity index (χ4n) is 0.932. The Labute approximate surface area is 89.9 Å². The Morgan fingerprint density at radius 2 is 2.38 bits per heavy atom. The maximum atomic E-state index is 11.5. The molecule has 0 N–H and O–H groups in total. The predicted octanol–water partition coefficient (Wildman–Crippen LogP) is 2.46. The summed E-state index contributed by atoms with van der Waals surface area (Å²) >= 11 is 8.74. The zero-order chi connectivity index (χ0) is 9.84. The van der Waals surface area contributed by atoms with Crippen LogP contribution >= 0.6 is 27.5 Å². The van der Waals surface area contributed by atoms with Gasteiger partial charge in [-0.1, -0.05) is 24.9 Å². The maximum absolute atomic E-state index is 11.5. The monoisotopic (exact) mass is 264 g/mol. The lowest BCUT2D eigenvalue weighted by Gasteiger charge is -2.04. The molecule has 1 aromatic heterocycles. The van der Waals surface area contributed by atoms with Crippen LogP contribution in [0.15, 0.2) is 15.6 Å². The van der Waals surface area contributed by atoms with E-state index in [0.717, 1.165) is 12.8 Å². The highest BCUT2D eigenvalue weighted by Crippen LogP contribution is 2.13. The normalized spacial score (nSPS) is 10.4.